The molecule has 4 rings (SSSR count). The fraction of sp³-hybridized carbons (Fsp3) is 0.375. The van der Waals surface area contributed by atoms with Crippen LogP contribution in [0.5, 0.6) is 17.2 Å². The Bertz CT molecular complexity index is 986. The molecule has 0 bridgehead atoms. The van der Waals surface area contributed by atoms with Gasteiger partial charge in [0, 0.05) is 56.4 Å². The van der Waals surface area contributed by atoms with Crippen LogP contribution in [0.25, 0.3) is 0 Å². The number of rotatable bonds is 3. The predicted octanol–water partition coefficient (Wildman–Crippen LogP) is 2.75. The van der Waals surface area contributed by atoms with Crippen LogP contribution in [0.1, 0.15) is 17.1 Å². The molecule has 174 valence electrons. The van der Waals surface area contributed by atoms with Gasteiger partial charge in [-0.2, -0.15) is 0 Å². The van der Waals surface area contributed by atoms with Crippen LogP contribution in [-0.4, -0.2) is 69.5 Å². The van der Waals surface area contributed by atoms with Crippen molar-refractivity contribution in [2.45, 2.75) is 20.8 Å². The number of aromatic hydroxyl groups is 3. The molecule has 33 heavy (non-hydrogen) atoms. The highest BCUT2D eigenvalue weighted by atomic mass is 16.3. The Labute approximate surface area is 193 Å². The molecule has 9 heteroatoms. The summed E-state index contributed by atoms with van der Waals surface area (Å²) in [4.78, 5) is 19.8. The minimum absolute atomic E-state index is 0.117. The van der Waals surface area contributed by atoms with Crippen molar-refractivity contribution in [3.63, 3.8) is 0 Å². The number of aryl methyl sites for hydroxylation is 3. The third kappa shape index (κ3) is 5.02. The molecule has 0 amide bonds. The molecule has 0 spiro atoms. The molecule has 1 aliphatic heterocycles. The first-order valence-corrected chi connectivity index (χ1v) is 11.1. The lowest BCUT2D eigenvalue weighted by atomic mass is 10.3. The van der Waals surface area contributed by atoms with E-state index in [4.69, 9.17) is 0 Å². The normalized spacial score (nSPS) is 15.2. The maximum Gasteiger partial charge on any atom is 0.171 e. The van der Waals surface area contributed by atoms with Crippen molar-refractivity contribution >= 4 is 17.5 Å². The van der Waals surface area contributed by atoms with E-state index in [0.717, 1.165) is 17.1 Å². The quantitative estimate of drug-likeness (QED) is 0.555. The Balaban J connectivity index is 1.71. The number of anilines is 3. The number of pyridine rings is 3. The molecule has 0 unspecified atom stereocenters. The summed E-state index contributed by atoms with van der Waals surface area (Å²) in [6.45, 7) is 9.09. The van der Waals surface area contributed by atoms with Gasteiger partial charge in [-0.1, -0.05) is 0 Å². The number of nitrogens with zero attached hydrogens (tertiary/aromatic N) is 6. The van der Waals surface area contributed by atoms with Crippen LogP contribution in [0.3, 0.4) is 0 Å². The molecule has 0 aliphatic carbocycles. The first-order valence-electron chi connectivity index (χ1n) is 11.1. The van der Waals surface area contributed by atoms with E-state index in [1.165, 1.54) is 0 Å². The molecular formula is C24H30N6O3. The van der Waals surface area contributed by atoms with Gasteiger partial charge in [-0.15, -0.1) is 0 Å². The molecule has 3 aromatic heterocycles. The van der Waals surface area contributed by atoms with E-state index in [1.54, 1.807) is 36.4 Å². The van der Waals surface area contributed by atoms with Gasteiger partial charge in [0.2, 0.25) is 0 Å². The highest BCUT2D eigenvalue weighted by Gasteiger charge is 2.23. The highest BCUT2D eigenvalue weighted by Crippen LogP contribution is 2.30. The fourth-order valence-electron chi connectivity index (χ4n) is 4.00. The molecule has 0 radical (unpaired) electrons. The Morgan fingerprint density at radius 2 is 0.727 bits per heavy atom. The molecule has 1 saturated heterocycles. The van der Waals surface area contributed by atoms with Crippen molar-refractivity contribution in [1.82, 2.24) is 15.0 Å². The van der Waals surface area contributed by atoms with Gasteiger partial charge in [0.15, 0.2) is 34.7 Å². The van der Waals surface area contributed by atoms with Gasteiger partial charge in [-0.3, -0.25) is 0 Å². The molecule has 3 aromatic rings. The molecule has 4 heterocycles. The first-order chi connectivity index (χ1) is 15.8. The van der Waals surface area contributed by atoms with Gasteiger partial charge in [-0.25, -0.2) is 15.0 Å². The molecular weight excluding hydrogens is 420 g/mol. The Kier molecular flexibility index (Phi) is 6.39. The van der Waals surface area contributed by atoms with E-state index in [9.17, 15) is 15.3 Å². The standard InChI is InChI=1S/C24H30N6O3/c1-16-4-7-19(31)22(25-16)28-10-12-29(23-20(32)8-5-17(2)26-23)14-15-30(13-11-28)24-21(33)9-6-18(3)27-24/h4-9,31-33H,10-15H2,1-3H3. The monoisotopic (exact) mass is 450 g/mol. The molecule has 0 saturated carbocycles. The van der Waals surface area contributed by atoms with Gasteiger partial charge in [0.1, 0.15) is 0 Å². The van der Waals surface area contributed by atoms with Crippen LogP contribution in [0.4, 0.5) is 17.5 Å². The summed E-state index contributed by atoms with van der Waals surface area (Å²) < 4.78 is 0. The second-order valence-electron chi connectivity index (χ2n) is 8.35. The third-order valence-electron chi connectivity index (χ3n) is 5.80. The van der Waals surface area contributed by atoms with Gasteiger partial charge in [0.25, 0.3) is 0 Å². The summed E-state index contributed by atoms with van der Waals surface area (Å²) in [7, 11) is 0. The van der Waals surface area contributed by atoms with Crippen molar-refractivity contribution in [1.29, 1.82) is 0 Å². The van der Waals surface area contributed by atoms with Crippen molar-refractivity contribution in [3.05, 3.63) is 53.5 Å². The van der Waals surface area contributed by atoms with E-state index in [1.807, 2.05) is 35.5 Å². The fourth-order valence-corrected chi connectivity index (χ4v) is 4.00. The number of hydrogen-bond acceptors (Lipinski definition) is 9. The largest absolute Gasteiger partial charge is 0.504 e. The smallest absolute Gasteiger partial charge is 0.171 e. The van der Waals surface area contributed by atoms with Crippen LogP contribution in [-0.2, 0) is 0 Å². The predicted molar refractivity (Wildman–Crippen MR) is 129 cm³/mol. The Morgan fingerprint density at radius 1 is 0.485 bits per heavy atom. The van der Waals surface area contributed by atoms with Crippen molar-refractivity contribution < 1.29 is 15.3 Å². The minimum Gasteiger partial charge on any atom is -0.504 e. The molecule has 3 N–H and O–H groups in total. The van der Waals surface area contributed by atoms with Crippen molar-refractivity contribution in [2.75, 3.05) is 54.0 Å². The molecule has 0 aromatic carbocycles. The van der Waals surface area contributed by atoms with Crippen LogP contribution in [0.15, 0.2) is 36.4 Å². The van der Waals surface area contributed by atoms with E-state index in [0.29, 0.717) is 56.7 Å². The lowest BCUT2D eigenvalue weighted by Gasteiger charge is -2.28. The lowest BCUT2D eigenvalue weighted by Crippen LogP contribution is -2.37. The van der Waals surface area contributed by atoms with Crippen LogP contribution in [0.2, 0.25) is 0 Å². The lowest BCUT2D eigenvalue weighted by molar-refractivity contribution is 0.468. The highest BCUT2D eigenvalue weighted by molar-refractivity contribution is 5.57. The second kappa shape index (κ2) is 9.40. The second-order valence-corrected chi connectivity index (χ2v) is 8.35. The topological polar surface area (TPSA) is 109 Å². The maximum absolute atomic E-state index is 10.5. The van der Waals surface area contributed by atoms with E-state index >= 15 is 0 Å². The minimum atomic E-state index is 0.117. The zero-order valence-corrected chi connectivity index (χ0v) is 19.2. The van der Waals surface area contributed by atoms with Crippen LogP contribution in [0, 0.1) is 20.8 Å². The van der Waals surface area contributed by atoms with Gasteiger partial charge in [-0.05, 0) is 57.2 Å². The maximum atomic E-state index is 10.5. The molecule has 1 fully saturated rings. The zero-order chi connectivity index (χ0) is 23.5. The first kappa shape index (κ1) is 22.4. The number of aromatic nitrogens is 3. The number of hydrogen-bond donors (Lipinski definition) is 3. The molecule has 0 atom stereocenters. The van der Waals surface area contributed by atoms with Crippen molar-refractivity contribution in [2.24, 2.45) is 0 Å². The van der Waals surface area contributed by atoms with Gasteiger partial charge in [0.05, 0.1) is 0 Å². The third-order valence-corrected chi connectivity index (χ3v) is 5.80. The molecule has 9 nitrogen and oxygen atoms in total. The Morgan fingerprint density at radius 3 is 0.970 bits per heavy atom. The average Bonchev–Trinajstić information content (AvgIpc) is 2.89. The zero-order valence-electron chi connectivity index (χ0n) is 19.2. The summed E-state index contributed by atoms with van der Waals surface area (Å²) in [5.74, 6) is 1.89. The van der Waals surface area contributed by atoms with E-state index in [-0.39, 0.29) is 17.2 Å². The molecule has 1 aliphatic rings. The Hall–Kier alpha value is -3.75. The summed E-state index contributed by atoms with van der Waals surface area (Å²) in [6.07, 6.45) is 0. The van der Waals surface area contributed by atoms with Crippen LogP contribution >= 0.6 is 0 Å². The average molecular weight is 451 g/mol. The summed E-state index contributed by atoms with van der Waals surface area (Å²) in [5, 5.41) is 31.5. The summed E-state index contributed by atoms with van der Waals surface area (Å²) in [5.41, 5.74) is 2.44. The van der Waals surface area contributed by atoms with E-state index in [2.05, 4.69) is 15.0 Å². The van der Waals surface area contributed by atoms with Crippen LogP contribution < -0.4 is 14.7 Å². The van der Waals surface area contributed by atoms with Gasteiger partial charge < -0.3 is 30.0 Å². The van der Waals surface area contributed by atoms with Gasteiger partial charge >= 0.3 is 0 Å². The van der Waals surface area contributed by atoms with E-state index < -0.39 is 0 Å². The SMILES string of the molecule is Cc1ccc(O)c(N2CCN(c3nc(C)ccc3O)CCN(c3nc(C)ccc3O)CC2)n1. The summed E-state index contributed by atoms with van der Waals surface area (Å²) >= 11 is 0. The van der Waals surface area contributed by atoms with Crippen molar-refractivity contribution in [3.8, 4) is 17.2 Å². The summed E-state index contributed by atoms with van der Waals surface area (Å²) in [6, 6.07) is 10.3.